The van der Waals surface area contributed by atoms with Crippen LogP contribution in [0.15, 0.2) is 52.6 Å². The topological polar surface area (TPSA) is 99.7 Å². The Balaban J connectivity index is 1.37. The van der Waals surface area contributed by atoms with Gasteiger partial charge >= 0.3 is 0 Å². The average molecular weight is 572 g/mol. The number of thiazole rings is 1. The van der Waals surface area contributed by atoms with Crippen LogP contribution in [0.4, 0.5) is 0 Å². The van der Waals surface area contributed by atoms with Gasteiger partial charge < -0.3 is 14.8 Å². The minimum Gasteiger partial charge on any atom is -0.493 e. The van der Waals surface area contributed by atoms with E-state index in [9.17, 15) is 9.59 Å². The lowest BCUT2D eigenvalue weighted by Crippen LogP contribution is -2.29. The van der Waals surface area contributed by atoms with Crippen LogP contribution >= 0.6 is 11.3 Å². The first-order valence-electron chi connectivity index (χ1n) is 13.3. The summed E-state index contributed by atoms with van der Waals surface area (Å²) < 4.78 is 14.0. The van der Waals surface area contributed by atoms with E-state index < -0.39 is 0 Å². The highest BCUT2D eigenvalue weighted by atomic mass is 32.1. The molecule has 0 radical (unpaired) electrons. The van der Waals surface area contributed by atoms with Gasteiger partial charge in [-0.15, -0.1) is 11.3 Å². The van der Waals surface area contributed by atoms with Crippen molar-refractivity contribution < 1.29 is 14.3 Å². The molecule has 1 amide bonds. The van der Waals surface area contributed by atoms with Crippen molar-refractivity contribution in [2.45, 2.75) is 40.5 Å². The molecule has 1 N–H and O–H groups in total. The van der Waals surface area contributed by atoms with Gasteiger partial charge in [0, 0.05) is 23.3 Å². The number of hydrogen-bond donors (Lipinski definition) is 1. The van der Waals surface area contributed by atoms with Gasteiger partial charge in [-0.1, -0.05) is 23.8 Å². The zero-order valence-corrected chi connectivity index (χ0v) is 24.9. The number of aromatic nitrogens is 4. The number of benzene rings is 2. The fraction of sp³-hybridized carbons (Fsp3) is 0.290. The molecular weight excluding hydrogens is 538 g/mol. The molecule has 0 fully saturated rings. The average Bonchev–Trinajstić information content (AvgIpc) is 3.51. The summed E-state index contributed by atoms with van der Waals surface area (Å²) in [6.45, 7) is 8.34. The third kappa shape index (κ3) is 5.60. The zero-order valence-electron chi connectivity index (χ0n) is 24.1. The summed E-state index contributed by atoms with van der Waals surface area (Å²) >= 11 is 1.35. The first-order valence-corrected chi connectivity index (χ1v) is 14.2. The Hall–Kier alpha value is -4.44. The molecule has 0 aliphatic heterocycles. The summed E-state index contributed by atoms with van der Waals surface area (Å²) in [6, 6.07) is 13.8. The number of nitrogens with zero attached hydrogens (tertiary/aromatic N) is 4. The van der Waals surface area contributed by atoms with Crippen molar-refractivity contribution in [1.29, 1.82) is 0 Å². The fourth-order valence-corrected chi connectivity index (χ4v) is 5.94. The SMILES string of the molecule is COc1ccc(CCNC(=O)Cc2csc3nc(C)c(-c4cc(C)n(-c5ccc(C)cc5C)n4)c(=O)n23)cc1OC. The number of methoxy groups -OCH3 is 2. The van der Waals surface area contributed by atoms with Crippen molar-refractivity contribution in [3.63, 3.8) is 0 Å². The van der Waals surface area contributed by atoms with E-state index in [4.69, 9.17) is 19.6 Å². The van der Waals surface area contributed by atoms with Crippen LogP contribution in [0.2, 0.25) is 0 Å². The maximum Gasteiger partial charge on any atom is 0.268 e. The number of rotatable bonds is 9. The molecule has 5 aromatic rings. The molecule has 0 atom stereocenters. The van der Waals surface area contributed by atoms with Crippen LogP contribution in [-0.4, -0.2) is 45.8 Å². The minimum absolute atomic E-state index is 0.0616. The van der Waals surface area contributed by atoms with Crippen LogP contribution < -0.4 is 20.3 Å². The van der Waals surface area contributed by atoms with Crippen molar-refractivity contribution in [2.24, 2.45) is 0 Å². The van der Waals surface area contributed by atoms with Gasteiger partial charge in [0.15, 0.2) is 16.5 Å². The highest BCUT2D eigenvalue weighted by Crippen LogP contribution is 2.28. The van der Waals surface area contributed by atoms with Gasteiger partial charge in [-0.3, -0.25) is 14.0 Å². The van der Waals surface area contributed by atoms with E-state index in [1.807, 2.05) is 67.2 Å². The van der Waals surface area contributed by atoms with E-state index in [0.29, 0.717) is 52.1 Å². The molecule has 0 bridgehead atoms. The Bertz CT molecular complexity index is 1820. The Kier molecular flexibility index (Phi) is 7.94. The second-order valence-electron chi connectivity index (χ2n) is 10.1. The zero-order chi connectivity index (χ0) is 29.3. The van der Waals surface area contributed by atoms with Crippen molar-refractivity contribution in [3.8, 4) is 28.4 Å². The standard InChI is InChI=1S/C31H33N5O4S/c1-18-7-9-25(19(2)13-18)36-20(3)14-24(34-36)29-21(4)33-31-35(30(29)38)23(17-41-31)16-28(37)32-12-11-22-8-10-26(39-5)27(15-22)40-6/h7-10,13-15,17H,11-12,16H2,1-6H3,(H,32,37). The Labute approximate surface area is 242 Å². The summed E-state index contributed by atoms with van der Waals surface area (Å²) in [5, 5.41) is 9.58. The quantitative estimate of drug-likeness (QED) is 0.274. The van der Waals surface area contributed by atoms with Crippen LogP contribution in [0.3, 0.4) is 0 Å². The minimum atomic E-state index is -0.229. The molecule has 0 aliphatic carbocycles. The molecule has 0 spiro atoms. The van der Waals surface area contributed by atoms with E-state index in [2.05, 4.69) is 18.3 Å². The summed E-state index contributed by atoms with van der Waals surface area (Å²) in [7, 11) is 3.19. The lowest BCUT2D eigenvalue weighted by molar-refractivity contribution is -0.120. The summed E-state index contributed by atoms with van der Waals surface area (Å²) in [5.41, 5.74) is 7.13. The van der Waals surface area contributed by atoms with Gasteiger partial charge in [0.05, 0.1) is 37.6 Å². The Morgan fingerprint density at radius 3 is 2.51 bits per heavy atom. The molecule has 212 valence electrons. The molecule has 0 saturated heterocycles. The molecule has 0 unspecified atom stereocenters. The molecule has 10 heteroatoms. The lowest BCUT2D eigenvalue weighted by Gasteiger charge is -2.10. The van der Waals surface area contributed by atoms with Gasteiger partial charge in [-0.25, -0.2) is 9.67 Å². The number of aryl methyl sites for hydroxylation is 4. The molecule has 0 saturated carbocycles. The van der Waals surface area contributed by atoms with Gasteiger partial charge in [0.2, 0.25) is 5.91 Å². The second kappa shape index (κ2) is 11.6. The normalized spacial score (nSPS) is 11.2. The summed E-state index contributed by atoms with van der Waals surface area (Å²) in [6.07, 6.45) is 0.690. The fourth-order valence-electron chi connectivity index (χ4n) is 5.02. The monoisotopic (exact) mass is 571 g/mol. The molecule has 9 nitrogen and oxygen atoms in total. The van der Waals surface area contributed by atoms with E-state index in [1.165, 1.54) is 21.3 Å². The number of nitrogens with one attached hydrogen (secondary N) is 1. The number of carbonyl (C=O) groups excluding carboxylic acids is 1. The Morgan fingerprint density at radius 2 is 1.78 bits per heavy atom. The van der Waals surface area contributed by atoms with E-state index in [0.717, 1.165) is 22.5 Å². The van der Waals surface area contributed by atoms with E-state index in [-0.39, 0.29) is 17.9 Å². The number of hydrogen-bond acceptors (Lipinski definition) is 7. The molecule has 2 aromatic carbocycles. The van der Waals surface area contributed by atoms with Gasteiger partial charge in [-0.05, 0) is 69.5 Å². The van der Waals surface area contributed by atoms with Crippen molar-refractivity contribution in [3.05, 3.63) is 92.0 Å². The third-order valence-corrected chi connectivity index (χ3v) is 7.95. The number of fused-ring (bicyclic) bond motifs is 1. The van der Waals surface area contributed by atoms with Crippen LogP contribution in [0.5, 0.6) is 11.5 Å². The molecular formula is C31H33N5O4S. The van der Waals surface area contributed by atoms with Crippen molar-refractivity contribution in [2.75, 3.05) is 20.8 Å². The van der Waals surface area contributed by atoms with Crippen LogP contribution in [-0.2, 0) is 17.6 Å². The molecule has 3 aromatic heterocycles. The van der Waals surface area contributed by atoms with E-state index in [1.54, 1.807) is 14.2 Å². The smallest absolute Gasteiger partial charge is 0.268 e. The highest BCUT2D eigenvalue weighted by Gasteiger charge is 2.20. The van der Waals surface area contributed by atoms with Crippen LogP contribution in [0.1, 0.15) is 33.8 Å². The lowest BCUT2D eigenvalue weighted by atomic mass is 10.1. The summed E-state index contributed by atoms with van der Waals surface area (Å²) in [4.78, 5) is 31.9. The molecule has 0 aliphatic rings. The number of ether oxygens (including phenoxy) is 2. The van der Waals surface area contributed by atoms with E-state index >= 15 is 0 Å². The maximum absolute atomic E-state index is 13.8. The van der Waals surface area contributed by atoms with Gasteiger partial charge in [-0.2, -0.15) is 5.10 Å². The first-order chi connectivity index (χ1) is 19.7. The predicted octanol–water partition coefficient (Wildman–Crippen LogP) is 4.76. The van der Waals surface area contributed by atoms with Crippen LogP contribution in [0.25, 0.3) is 21.9 Å². The second-order valence-corrected chi connectivity index (χ2v) is 10.9. The Morgan fingerprint density at radius 1 is 1.00 bits per heavy atom. The van der Waals surface area contributed by atoms with Crippen molar-refractivity contribution >= 4 is 22.2 Å². The van der Waals surface area contributed by atoms with Crippen molar-refractivity contribution in [1.82, 2.24) is 24.5 Å². The summed E-state index contributed by atoms with van der Waals surface area (Å²) in [5.74, 6) is 1.13. The molecule has 3 heterocycles. The molecule has 41 heavy (non-hydrogen) atoms. The van der Waals surface area contributed by atoms with Gasteiger partial charge in [0.25, 0.3) is 5.56 Å². The maximum atomic E-state index is 13.8. The van der Waals surface area contributed by atoms with Crippen LogP contribution in [0, 0.1) is 27.7 Å². The highest BCUT2D eigenvalue weighted by molar-refractivity contribution is 7.15. The van der Waals surface area contributed by atoms with Gasteiger partial charge in [0.1, 0.15) is 5.69 Å². The number of amides is 1. The first kappa shape index (κ1) is 28.1. The molecule has 5 rings (SSSR count). The number of carbonyl (C=O) groups is 1. The predicted molar refractivity (Wildman–Crippen MR) is 161 cm³/mol. The largest absolute Gasteiger partial charge is 0.493 e. The third-order valence-electron chi connectivity index (χ3n) is 7.07.